The van der Waals surface area contributed by atoms with Crippen molar-refractivity contribution in [1.82, 2.24) is 0 Å². The topological polar surface area (TPSA) is 46.6 Å². The van der Waals surface area contributed by atoms with Crippen molar-refractivity contribution in [2.45, 2.75) is 25.6 Å². The van der Waals surface area contributed by atoms with Crippen molar-refractivity contribution in [2.24, 2.45) is 11.8 Å². The van der Waals surface area contributed by atoms with Crippen LogP contribution < -0.4 is 4.90 Å². The van der Waals surface area contributed by atoms with Crippen LogP contribution in [0.25, 0.3) is 0 Å². The van der Waals surface area contributed by atoms with E-state index < -0.39 is 5.60 Å². The maximum Gasteiger partial charge on any atom is 0.241 e. The Morgan fingerprint density at radius 3 is 2.50 bits per heavy atom. The molecule has 4 heteroatoms. The molecule has 0 unspecified atom stereocenters. The Hall–Kier alpha value is -1.94. The number of anilines is 1. The molecule has 4 nitrogen and oxygen atoms in total. The molecule has 3 heterocycles. The van der Waals surface area contributed by atoms with Crippen LogP contribution in [-0.4, -0.2) is 23.5 Å². The first-order valence-electron chi connectivity index (χ1n) is 6.83. The number of amides is 2. The van der Waals surface area contributed by atoms with Crippen molar-refractivity contribution in [2.75, 3.05) is 4.90 Å². The van der Waals surface area contributed by atoms with Crippen LogP contribution in [-0.2, 0) is 14.3 Å². The van der Waals surface area contributed by atoms with Gasteiger partial charge >= 0.3 is 0 Å². The Morgan fingerprint density at radius 1 is 1.15 bits per heavy atom. The minimum atomic E-state index is -0.623. The second-order valence-corrected chi connectivity index (χ2v) is 5.98. The molecule has 20 heavy (non-hydrogen) atoms. The average molecular weight is 269 g/mol. The van der Waals surface area contributed by atoms with E-state index in [1.807, 2.05) is 50.3 Å². The highest BCUT2D eigenvalue weighted by Gasteiger charge is 2.65. The normalized spacial score (nSPS) is 37.9. The third-order valence-electron chi connectivity index (χ3n) is 4.62. The van der Waals surface area contributed by atoms with E-state index in [0.717, 1.165) is 5.56 Å². The highest BCUT2D eigenvalue weighted by molar-refractivity contribution is 6.23. The monoisotopic (exact) mass is 269 g/mol. The molecule has 0 aromatic heterocycles. The highest BCUT2D eigenvalue weighted by Crippen LogP contribution is 2.52. The van der Waals surface area contributed by atoms with Gasteiger partial charge in [-0.1, -0.05) is 29.8 Å². The molecule has 1 aromatic rings. The van der Waals surface area contributed by atoms with Crippen LogP contribution in [0.2, 0.25) is 0 Å². The highest BCUT2D eigenvalue weighted by atomic mass is 16.5. The minimum Gasteiger partial charge on any atom is -0.362 e. The van der Waals surface area contributed by atoms with Gasteiger partial charge in [-0.05, 0) is 26.0 Å². The summed E-state index contributed by atoms with van der Waals surface area (Å²) in [7, 11) is 0. The second kappa shape index (κ2) is 3.58. The number of hydrogen-bond donors (Lipinski definition) is 0. The largest absolute Gasteiger partial charge is 0.362 e. The van der Waals surface area contributed by atoms with Gasteiger partial charge < -0.3 is 4.74 Å². The van der Waals surface area contributed by atoms with E-state index in [4.69, 9.17) is 4.74 Å². The molecule has 3 aliphatic heterocycles. The third kappa shape index (κ3) is 1.29. The van der Waals surface area contributed by atoms with Crippen molar-refractivity contribution in [3.8, 4) is 0 Å². The fourth-order valence-corrected chi connectivity index (χ4v) is 3.60. The molecule has 1 aromatic carbocycles. The van der Waals surface area contributed by atoms with Crippen molar-refractivity contribution in [3.05, 3.63) is 42.0 Å². The van der Waals surface area contributed by atoms with Crippen LogP contribution in [0.5, 0.6) is 0 Å². The van der Waals surface area contributed by atoms with Gasteiger partial charge in [0.05, 0.1) is 29.2 Å². The van der Waals surface area contributed by atoms with Crippen LogP contribution in [0.3, 0.4) is 0 Å². The predicted octanol–water partition coefficient (Wildman–Crippen LogP) is 1.83. The number of rotatable bonds is 1. The van der Waals surface area contributed by atoms with Crippen molar-refractivity contribution in [1.29, 1.82) is 0 Å². The van der Waals surface area contributed by atoms with Crippen LogP contribution >= 0.6 is 0 Å². The van der Waals surface area contributed by atoms with Crippen LogP contribution in [0, 0.1) is 18.8 Å². The smallest absolute Gasteiger partial charge is 0.241 e. The Labute approximate surface area is 117 Å². The fraction of sp³-hybridized carbons (Fsp3) is 0.375. The number of benzene rings is 1. The Morgan fingerprint density at radius 2 is 1.85 bits per heavy atom. The number of imide groups is 1. The zero-order valence-electron chi connectivity index (χ0n) is 11.4. The lowest BCUT2D eigenvalue weighted by atomic mass is 9.78. The summed E-state index contributed by atoms with van der Waals surface area (Å²) in [5.74, 6) is -1.02. The molecule has 0 aliphatic carbocycles. The van der Waals surface area contributed by atoms with Crippen molar-refractivity contribution in [3.63, 3.8) is 0 Å². The van der Waals surface area contributed by atoms with E-state index in [9.17, 15) is 9.59 Å². The van der Waals surface area contributed by atoms with E-state index in [2.05, 4.69) is 0 Å². The summed E-state index contributed by atoms with van der Waals surface area (Å²) in [6.07, 6.45) is 3.57. The molecule has 0 saturated carbocycles. The van der Waals surface area contributed by atoms with Gasteiger partial charge in [0.1, 0.15) is 0 Å². The van der Waals surface area contributed by atoms with Gasteiger partial charge in [-0.3, -0.25) is 9.59 Å². The number of carbonyl (C=O) groups is 2. The summed E-state index contributed by atoms with van der Waals surface area (Å²) in [6.45, 7) is 3.86. The van der Waals surface area contributed by atoms with E-state index in [1.165, 1.54) is 4.90 Å². The quantitative estimate of drug-likeness (QED) is 0.577. The van der Waals surface area contributed by atoms with E-state index in [-0.39, 0.29) is 29.8 Å². The van der Waals surface area contributed by atoms with Gasteiger partial charge in [0.2, 0.25) is 11.8 Å². The van der Waals surface area contributed by atoms with Gasteiger partial charge in [-0.15, -0.1) is 0 Å². The standard InChI is InChI=1S/C16H15NO3/c1-9-3-5-10(6-4-9)17-14(18)12-11-7-8-16(2,20-11)13(12)15(17)19/h3-8,11-13H,1-2H3/t11-,12+,13+,16-/m1/s1. The number of carbonyl (C=O) groups excluding carboxylic acids is 2. The first kappa shape index (κ1) is 11.9. The maximum absolute atomic E-state index is 12.7. The van der Waals surface area contributed by atoms with Gasteiger partial charge in [0, 0.05) is 0 Å². The van der Waals surface area contributed by atoms with Gasteiger partial charge in [0.15, 0.2) is 0 Å². The fourth-order valence-electron chi connectivity index (χ4n) is 3.60. The molecule has 2 amide bonds. The molecule has 2 fully saturated rings. The predicted molar refractivity (Wildman–Crippen MR) is 73.1 cm³/mol. The zero-order valence-corrected chi connectivity index (χ0v) is 11.4. The van der Waals surface area contributed by atoms with Crippen LogP contribution in [0.15, 0.2) is 36.4 Å². The van der Waals surface area contributed by atoms with E-state index in [1.54, 1.807) is 0 Å². The molecule has 2 saturated heterocycles. The first-order chi connectivity index (χ1) is 9.51. The van der Waals surface area contributed by atoms with Crippen LogP contribution in [0.4, 0.5) is 5.69 Å². The molecule has 0 radical (unpaired) electrons. The van der Waals surface area contributed by atoms with Crippen molar-refractivity contribution >= 4 is 17.5 Å². The molecule has 102 valence electrons. The molecule has 2 bridgehead atoms. The van der Waals surface area contributed by atoms with Gasteiger partial charge in [-0.25, -0.2) is 4.90 Å². The number of hydrogen-bond acceptors (Lipinski definition) is 3. The van der Waals surface area contributed by atoms with Crippen molar-refractivity contribution < 1.29 is 14.3 Å². The summed E-state index contributed by atoms with van der Waals surface area (Å²) in [4.78, 5) is 26.6. The number of ether oxygens (including phenoxy) is 1. The molecular weight excluding hydrogens is 254 g/mol. The van der Waals surface area contributed by atoms with E-state index in [0.29, 0.717) is 5.69 Å². The van der Waals surface area contributed by atoms with Gasteiger partial charge in [-0.2, -0.15) is 0 Å². The van der Waals surface area contributed by atoms with Gasteiger partial charge in [0.25, 0.3) is 0 Å². The summed E-state index contributed by atoms with van der Waals surface area (Å²) in [5.41, 5.74) is 1.13. The Kier molecular flexibility index (Phi) is 2.12. The summed E-state index contributed by atoms with van der Waals surface area (Å²) in [5, 5.41) is 0. The SMILES string of the molecule is Cc1ccc(N2C(=O)[C@@H]3[C@@H](C2=O)[C@@]2(C)C=C[C@H]3O2)cc1. The molecular formula is C16H15NO3. The zero-order chi connectivity index (χ0) is 14.1. The molecule has 4 rings (SSSR count). The van der Waals surface area contributed by atoms with Crippen LogP contribution in [0.1, 0.15) is 12.5 Å². The second-order valence-electron chi connectivity index (χ2n) is 5.98. The maximum atomic E-state index is 12.7. The minimum absolute atomic E-state index is 0.137. The lowest BCUT2D eigenvalue weighted by molar-refractivity contribution is -0.126. The number of nitrogens with zero attached hydrogens (tertiary/aromatic N) is 1. The molecule has 0 spiro atoms. The summed E-state index contributed by atoms with van der Waals surface area (Å²) in [6, 6.07) is 7.47. The molecule has 3 aliphatic rings. The van der Waals surface area contributed by atoms with E-state index >= 15 is 0 Å². The molecule has 0 N–H and O–H groups in total. The summed E-state index contributed by atoms with van der Waals surface area (Å²) < 4.78 is 5.79. The first-order valence-corrected chi connectivity index (χ1v) is 6.83. The summed E-state index contributed by atoms with van der Waals surface area (Å²) >= 11 is 0. The third-order valence-corrected chi connectivity index (χ3v) is 4.62. The lowest BCUT2D eigenvalue weighted by Crippen LogP contribution is -2.38. The Balaban J connectivity index is 1.77. The number of aryl methyl sites for hydroxylation is 1. The average Bonchev–Trinajstić information content (AvgIpc) is 3.01. The lowest BCUT2D eigenvalue weighted by Gasteiger charge is -2.24. The number of fused-ring (bicyclic) bond motifs is 5. The Bertz CT molecular complexity index is 648. The molecule has 4 atom stereocenters.